The minimum atomic E-state index is 0.432. The van der Waals surface area contributed by atoms with E-state index in [9.17, 15) is 0 Å². The minimum Gasteiger partial charge on any atom is -0.496 e. The van der Waals surface area contributed by atoms with Crippen molar-refractivity contribution in [3.8, 4) is 5.75 Å². The summed E-state index contributed by atoms with van der Waals surface area (Å²) in [4.78, 5) is 0. The van der Waals surface area contributed by atoms with E-state index < -0.39 is 0 Å². The third-order valence-electron chi connectivity index (χ3n) is 4.38. The average Bonchev–Trinajstić information content (AvgIpc) is 2.41. The van der Waals surface area contributed by atoms with E-state index in [0.717, 1.165) is 18.1 Å². The summed E-state index contributed by atoms with van der Waals surface area (Å²) in [6.07, 6.45) is 6.01. The minimum absolute atomic E-state index is 0.432. The van der Waals surface area contributed by atoms with Crippen LogP contribution >= 0.6 is 0 Å². The smallest absolute Gasteiger partial charge is 0.122 e. The number of ether oxygens (including phenoxy) is 1. The zero-order valence-electron chi connectivity index (χ0n) is 12.5. The van der Waals surface area contributed by atoms with Crippen LogP contribution in [0.2, 0.25) is 0 Å². The number of rotatable bonds is 4. The number of benzene rings is 1. The van der Waals surface area contributed by atoms with Crippen LogP contribution < -0.4 is 10.5 Å². The molecule has 0 heterocycles. The second-order valence-electron chi connectivity index (χ2n) is 6.21. The second-order valence-corrected chi connectivity index (χ2v) is 6.21. The fraction of sp³-hybridized carbons (Fsp3) is 0.647. The van der Waals surface area contributed by atoms with Gasteiger partial charge in [-0.1, -0.05) is 26.0 Å². The van der Waals surface area contributed by atoms with Crippen LogP contribution in [0.1, 0.15) is 56.6 Å². The first-order valence-corrected chi connectivity index (χ1v) is 7.52. The van der Waals surface area contributed by atoms with Crippen molar-refractivity contribution >= 4 is 0 Å². The average molecular weight is 261 g/mol. The standard InChI is InChI=1S/C17H27NO/c1-12(2)14-6-7-15(17(11-14)19-3)10-13-4-8-16(18)9-5-13/h6-7,11-13,16H,4-5,8-10,18H2,1-3H3. The highest BCUT2D eigenvalue weighted by molar-refractivity contribution is 5.39. The van der Waals surface area contributed by atoms with Crippen LogP contribution in [0.15, 0.2) is 18.2 Å². The van der Waals surface area contributed by atoms with Crippen molar-refractivity contribution in [1.29, 1.82) is 0 Å². The molecule has 0 saturated heterocycles. The lowest BCUT2D eigenvalue weighted by Gasteiger charge is -2.26. The van der Waals surface area contributed by atoms with E-state index in [1.165, 1.54) is 36.8 Å². The van der Waals surface area contributed by atoms with E-state index in [2.05, 4.69) is 32.0 Å². The fourth-order valence-corrected chi connectivity index (χ4v) is 2.99. The summed E-state index contributed by atoms with van der Waals surface area (Å²) in [6.45, 7) is 4.44. The van der Waals surface area contributed by atoms with Gasteiger partial charge in [-0.05, 0) is 61.1 Å². The molecule has 1 aliphatic carbocycles. The third kappa shape index (κ3) is 3.73. The Balaban J connectivity index is 2.07. The second kappa shape index (κ2) is 6.42. The first-order chi connectivity index (χ1) is 9.10. The third-order valence-corrected chi connectivity index (χ3v) is 4.38. The molecule has 0 spiro atoms. The van der Waals surface area contributed by atoms with Crippen LogP contribution in [0.3, 0.4) is 0 Å². The van der Waals surface area contributed by atoms with E-state index in [1.807, 2.05) is 0 Å². The van der Waals surface area contributed by atoms with Crippen LogP contribution in [0.5, 0.6) is 5.75 Å². The largest absolute Gasteiger partial charge is 0.496 e. The molecule has 2 rings (SSSR count). The number of hydrogen-bond acceptors (Lipinski definition) is 2. The van der Waals surface area contributed by atoms with Gasteiger partial charge in [-0.15, -0.1) is 0 Å². The van der Waals surface area contributed by atoms with Gasteiger partial charge >= 0.3 is 0 Å². The van der Waals surface area contributed by atoms with E-state index in [1.54, 1.807) is 7.11 Å². The van der Waals surface area contributed by atoms with Gasteiger partial charge in [0.2, 0.25) is 0 Å². The van der Waals surface area contributed by atoms with Crippen molar-refractivity contribution in [1.82, 2.24) is 0 Å². The molecule has 106 valence electrons. The molecule has 19 heavy (non-hydrogen) atoms. The molecule has 0 bridgehead atoms. The lowest BCUT2D eigenvalue weighted by atomic mass is 9.82. The van der Waals surface area contributed by atoms with Crippen molar-refractivity contribution in [3.63, 3.8) is 0 Å². The Labute approximate surface area is 117 Å². The molecule has 0 radical (unpaired) electrons. The highest BCUT2D eigenvalue weighted by Crippen LogP contribution is 2.31. The molecule has 0 aromatic heterocycles. The molecule has 2 N–H and O–H groups in total. The summed E-state index contributed by atoms with van der Waals surface area (Å²) in [5.74, 6) is 2.38. The predicted molar refractivity (Wildman–Crippen MR) is 80.7 cm³/mol. The van der Waals surface area contributed by atoms with Gasteiger partial charge < -0.3 is 10.5 Å². The quantitative estimate of drug-likeness (QED) is 0.892. The van der Waals surface area contributed by atoms with Gasteiger partial charge in [-0.3, -0.25) is 0 Å². The topological polar surface area (TPSA) is 35.2 Å². The Morgan fingerprint density at radius 2 is 1.89 bits per heavy atom. The van der Waals surface area contributed by atoms with Crippen molar-refractivity contribution in [2.24, 2.45) is 11.7 Å². The van der Waals surface area contributed by atoms with Gasteiger partial charge in [0.1, 0.15) is 5.75 Å². The van der Waals surface area contributed by atoms with Gasteiger partial charge in [0, 0.05) is 6.04 Å². The Morgan fingerprint density at radius 3 is 2.47 bits per heavy atom. The van der Waals surface area contributed by atoms with E-state index in [0.29, 0.717) is 12.0 Å². The van der Waals surface area contributed by atoms with Crippen LogP contribution in [0.25, 0.3) is 0 Å². The zero-order valence-corrected chi connectivity index (χ0v) is 12.5. The number of hydrogen-bond donors (Lipinski definition) is 1. The molecule has 2 nitrogen and oxygen atoms in total. The SMILES string of the molecule is COc1cc(C(C)C)ccc1CC1CCC(N)CC1. The molecular weight excluding hydrogens is 234 g/mol. The Morgan fingerprint density at radius 1 is 1.21 bits per heavy atom. The number of methoxy groups -OCH3 is 1. The molecule has 2 heteroatoms. The summed E-state index contributed by atoms with van der Waals surface area (Å²) >= 11 is 0. The van der Waals surface area contributed by atoms with Crippen LogP contribution in [-0.2, 0) is 6.42 Å². The van der Waals surface area contributed by atoms with E-state index >= 15 is 0 Å². The number of nitrogens with two attached hydrogens (primary N) is 1. The Hall–Kier alpha value is -1.02. The van der Waals surface area contributed by atoms with Gasteiger partial charge in [0.15, 0.2) is 0 Å². The lowest BCUT2D eigenvalue weighted by Crippen LogP contribution is -2.27. The summed E-state index contributed by atoms with van der Waals surface area (Å²) in [5, 5.41) is 0. The normalized spacial score (nSPS) is 23.6. The van der Waals surface area contributed by atoms with Gasteiger partial charge in [-0.25, -0.2) is 0 Å². The summed E-state index contributed by atoms with van der Waals surface area (Å²) in [7, 11) is 1.78. The van der Waals surface area contributed by atoms with E-state index in [-0.39, 0.29) is 0 Å². The molecule has 0 amide bonds. The van der Waals surface area contributed by atoms with Crippen LogP contribution in [-0.4, -0.2) is 13.2 Å². The first-order valence-electron chi connectivity index (χ1n) is 7.52. The summed E-state index contributed by atoms with van der Waals surface area (Å²) in [5.41, 5.74) is 8.68. The van der Waals surface area contributed by atoms with Gasteiger partial charge in [-0.2, -0.15) is 0 Å². The molecule has 1 aromatic carbocycles. The van der Waals surface area contributed by atoms with Crippen molar-refractivity contribution in [2.75, 3.05) is 7.11 Å². The van der Waals surface area contributed by atoms with Gasteiger partial charge in [0.25, 0.3) is 0 Å². The lowest BCUT2D eigenvalue weighted by molar-refractivity contribution is 0.320. The van der Waals surface area contributed by atoms with Crippen LogP contribution in [0, 0.1) is 5.92 Å². The fourth-order valence-electron chi connectivity index (χ4n) is 2.99. The highest BCUT2D eigenvalue weighted by Gasteiger charge is 2.20. The molecule has 0 aliphatic heterocycles. The molecular formula is C17H27NO. The first kappa shape index (κ1) is 14.4. The highest BCUT2D eigenvalue weighted by atomic mass is 16.5. The Bertz CT molecular complexity index is 406. The summed E-state index contributed by atoms with van der Waals surface area (Å²) < 4.78 is 5.57. The van der Waals surface area contributed by atoms with Crippen LogP contribution in [0.4, 0.5) is 0 Å². The molecule has 1 aliphatic rings. The van der Waals surface area contributed by atoms with Crippen molar-refractivity contribution < 1.29 is 4.74 Å². The Kier molecular flexibility index (Phi) is 4.87. The molecule has 1 aromatic rings. The summed E-state index contributed by atoms with van der Waals surface area (Å²) in [6, 6.07) is 7.13. The molecule has 1 fully saturated rings. The van der Waals surface area contributed by atoms with E-state index in [4.69, 9.17) is 10.5 Å². The maximum atomic E-state index is 5.97. The van der Waals surface area contributed by atoms with Gasteiger partial charge in [0.05, 0.1) is 7.11 Å². The van der Waals surface area contributed by atoms with Crippen molar-refractivity contribution in [3.05, 3.63) is 29.3 Å². The van der Waals surface area contributed by atoms with Crippen molar-refractivity contribution in [2.45, 2.75) is 57.9 Å². The predicted octanol–water partition coefficient (Wildman–Crippen LogP) is 3.88. The maximum absolute atomic E-state index is 5.97. The molecule has 1 saturated carbocycles. The molecule has 0 atom stereocenters. The monoisotopic (exact) mass is 261 g/mol. The zero-order chi connectivity index (χ0) is 13.8. The maximum Gasteiger partial charge on any atom is 0.122 e. The molecule has 0 unspecified atom stereocenters.